The van der Waals surface area contributed by atoms with Gasteiger partial charge in [-0.3, -0.25) is 14.3 Å². The second-order valence-corrected chi connectivity index (χ2v) is 8.95. The standard InChI is InChI=1S/C27H30ClN3O6/c1-30-23(17-25(33)31(30)22-5-3-2-4-6-22)20-15-24(37-26(16-20)36-14-13-35-12-11-32)27(34)29-18-19-7-9-21(28)10-8-19/h2-10,15,17,20,26,32H,11-14,16,18H2,1H3,(H,29,34)/t20-,26+/m1/s1. The van der Waals surface area contributed by atoms with E-state index in [1.54, 1.807) is 33.6 Å². The Morgan fingerprint density at radius 1 is 1.14 bits per heavy atom. The maximum absolute atomic E-state index is 13.0. The molecular formula is C27H30ClN3O6. The van der Waals surface area contributed by atoms with Crippen LogP contribution < -0.4 is 10.9 Å². The number of para-hydroxylation sites is 1. The molecule has 3 aromatic rings. The summed E-state index contributed by atoms with van der Waals surface area (Å²) < 4.78 is 20.4. The first-order valence-electron chi connectivity index (χ1n) is 12.0. The van der Waals surface area contributed by atoms with E-state index in [9.17, 15) is 9.59 Å². The zero-order chi connectivity index (χ0) is 26.2. The molecule has 4 rings (SSSR count). The molecule has 2 aromatic carbocycles. The highest BCUT2D eigenvalue weighted by Gasteiger charge is 2.31. The van der Waals surface area contributed by atoms with Crippen LogP contribution in [0, 0.1) is 0 Å². The molecule has 2 heterocycles. The van der Waals surface area contributed by atoms with Gasteiger partial charge in [-0.1, -0.05) is 41.9 Å². The second kappa shape index (κ2) is 12.7. The van der Waals surface area contributed by atoms with E-state index in [0.717, 1.165) is 16.9 Å². The number of rotatable bonds is 11. The van der Waals surface area contributed by atoms with Gasteiger partial charge in [-0.25, -0.2) is 4.68 Å². The Morgan fingerprint density at radius 2 is 1.89 bits per heavy atom. The van der Waals surface area contributed by atoms with Gasteiger partial charge >= 0.3 is 0 Å². The number of amides is 1. The van der Waals surface area contributed by atoms with Crippen molar-refractivity contribution in [3.63, 3.8) is 0 Å². The molecule has 196 valence electrons. The first-order chi connectivity index (χ1) is 18.0. The van der Waals surface area contributed by atoms with Crippen molar-refractivity contribution in [2.45, 2.75) is 25.2 Å². The highest BCUT2D eigenvalue weighted by Crippen LogP contribution is 2.31. The summed E-state index contributed by atoms with van der Waals surface area (Å²) in [4.78, 5) is 25.9. The monoisotopic (exact) mass is 527 g/mol. The van der Waals surface area contributed by atoms with Gasteiger partial charge in [0.05, 0.1) is 32.1 Å². The molecule has 0 saturated carbocycles. The maximum Gasteiger partial charge on any atom is 0.286 e. The van der Waals surface area contributed by atoms with Crippen molar-refractivity contribution < 1.29 is 24.1 Å². The van der Waals surface area contributed by atoms with Crippen LogP contribution in [0.2, 0.25) is 5.02 Å². The van der Waals surface area contributed by atoms with E-state index in [2.05, 4.69) is 5.32 Å². The molecule has 10 heteroatoms. The first kappa shape index (κ1) is 26.7. The third-order valence-corrected chi connectivity index (χ3v) is 6.20. The fraction of sp³-hybridized carbons (Fsp3) is 0.333. The topological polar surface area (TPSA) is 104 Å². The van der Waals surface area contributed by atoms with Gasteiger partial charge in [0.25, 0.3) is 11.5 Å². The highest BCUT2D eigenvalue weighted by molar-refractivity contribution is 6.30. The van der Waals surface area contributed by atoms with Gasteiger partial charge in [0.15, 0.2) is 5.76 Å². The molecule has 1 aliphatic rings. The first-order valence-corrected chi connectivity index (χ1v) is 12.4. The lowest BCUT2D eigenvalue weighted by molar-refractivity contribution is -0.151. The molecule has 1 aliphatic heterocycles. The number of allylic oxidation sites excluding steroid dienone is 1. The van der Waals surface area contributed by atoms with Crippen molar-refractivity contribution >= 4 is 17.5 Å². The molecule has 0 radical (unpaired) electrons. The SMILES string of the molecule is Cn1c([C@@H]2C=C(C(=O)NCc3ccc(Cl)cc3)O[C@H](OCCOCCO)C2)cc(=O)n1-c1ccccc1. The Bertz CT molecular complexity index is 1270. The van der Waals surface area contributed by atoms with Crippen LogP contribution in [-0.2, 0) is 32.6 Å². The molecule has 2 atom stereocenters. The third kappa shape index (κ3) is 6.90. The minimum Gasteiger partial charge on any atom is -0.459 e. The summed E-state index contributed by atoms with van der Waals surface area (Å²) in [6, 6.07) is 18.1. The van der Waals surface area contributed by atoms with E-state index in [1.807, 2.05) is 49.5 Å². The van der Waals surface area contributed by atoms with Gasteiger partial charge in [-0.05, 0) is 35.9 Å². The maximum atomic E-state index is 13.0. The Kier molecular flexibility index (Phi) is 9.19. The Morgan fingerprint density at radius 3 is 2.62 bits per heavy atom. The summed E-state index contributed by atoms with van der Waals surface area (Å²) in [6.07, 6.45) is 1.41. The van der Waals surface area contributed by atoms with Crippen LogP contribution in [0.15, 0.2) is 77.3 Å². The lowest BCUT2D eigenvalue weighted by atomic mass is 9.97. The normalized spacial score (nSPS) is 17.2. The fourth-order valence-electron chi connectivity index (χ4n) is 4.16. The molecule has 0 aliphatic carbocycles. The van der Waals surface area contributed by atoms with E-state index in [-0.39, 0.29) is 43.7 Å². The Hall–Kier alpha value is -3.37. The van der Waals surface area contributed by atoms with Crippen LogP contribution in [0.4, 0.5) is 0 Å². The average Bonchev–Trinajstić information content (AvgIpc) is 3.22. The van der Waals surface area contributed by atoms with E-state index in [4.69, 9.17) is 30.9 Å². The van der Waals surface area contributed by atoms with E-state index >= 15 is 0 Å². The predicted octanol–water partition coefficient (Wildman–Crippen LogP) is 2.89. The quantitative estimate of drug-likeness (QED) is 0.372. The fourth-order valence-corrected chi connectivity index (χ4v) is 4.29. The molecule has 0 fully saturated rings. The average molecular weight is 528 g/mol. The zero-order valence-electron chi connectivity index (χ0n) is 20.5. The molecule has 1 aromatic heterocycles. The van der Waals surface area contributed by atoms with Crippen LogP contribution in [0.1, 0.15) is 23.6 Å². The molecule has 0 bridgehead atoms. The number of hydrogen-bond donors (Lipinski definition) is 2. The number of nitrogens with one attached hydrogen (secondary N) is 1. The van der Waals surface area contributed by atoms with Crippen molar-refractivity contribution in [1.82, 2.24) is 14.7 Å². The minimum absolute atomic E-state index is 0.0743. The molecule has 0 saturated heterocycles. The molecule has 9 nitrogen and oxygen atoms in total. The Labute approximate surface area is 219 Å². The van der Waals surface area contributed by atoms with Crippen molar-refractivity contribution in [1.29, 1.82) is 0 Å². The number of carbonyl (C=O) groups is 1. The number of benzene rings is 2. The van der Waals surface area contributed by atoms with Crippen LogP contribution in [0.5, 0.6) is 0 Å². The van der Waals surface area contributed by atoms with Crippen LogP contribution in [0.3, 0.4) is 0 Å². The largest absolute Gasteiger partial charge is 0.459 e. The predicted molar refractivity (Wildman–Crippen MR) is 138 cm³/mol. The van der Waals surface area contributed by atoms with Gasteiger partial charge < -0.3 is 24.6 Å². The lowest BCUT2D eigenvalue weighted by Gasteiger charge is -2.29. The van der Waals surface area contributed by atoms with Crippen LogP contribution in [0.25, 0.3) is 5.69 Å². The molecule has 0 spiro atoms. The molecule has 1 amide bonds. The number of aliphatic hydroxyl groups is 1. The molecule has 2 N–H and O–H groups in total. The minimum atomic E-state index is -0.723. The van der Waals surface area contributed by atoms with Gasteiger partial charge in [0, 0.05) is 42.7 Å². The summed E-state index contributed by atoms with van der Waals surface area (Å²) >= 11 is 5.94. The molecule has 37 heavy (non-hydrogen) atoms. The number of hydrogen-bond acceptors (Lipinski definition) is 6. The van der Waals surface area contributed by atoms with E-state index in [1.165, 1.54) is 0 Å². The number of aliphatic hydroxyl groups excluding tert-OH is 1. The number of ether oxygens (including phenoxy) is 3. The van der Waals surface area contributed by atoms with Crippen molar-refractivity contribution in [3.05, 3.63) is 99.1 Å². The third-order valence-electron chi connectivity index (χ3n) is 5.95. The van der Waals surface area contributed by atoms with Crippen molar-refractivity contribution in [3.8, 4) is 5.69 Å². The zero-order valence-corrected chi connectivity index (χ0v) is 21.3. The summed E-state index contributed by atoms with van der Waals surface area (Å²) in [6.45, 7) is 0.932. The highest BCUT2D eigenvalue weighted by atomic mass is 35.5. The van der Waals surface area contributed by atoms with Crippen LogP contribution >= 0.6 is 11.6 Å². The number of halogens is 1. The van der Waals surface area contributed by atoms with Gasteiger partial charge in [0.2, 0.25) is 6.29 Å². The van der Waals surface area contributed by atoms with Crippen molar-refractivity contribution in [2.75, 3.05) is 26.4 Å². The van der Waals surface area contributed by atoms with Crippen molar-refractivity contribution in [2.24, 2.45) is 7.05 Å². The number of aromatic nitrogens is 2. The molecular weight excluding hydrogens is 498 g/mol. The summed E-state index contributed by atoms with van der Waals surface area (Å²) in [5.74, 6) is -0.584. The van der Waals surface area contributed by atoms with E-state index in [0.29, 0.717) is 18.0 Å². The van der Waals surface area contributed by atoms with E-state index < -0.39 is 12.2 Å². The summed E-state index contributed by atoms with van der Waals surface area (Å²) in [5.41, 5.74) is 2.19. The molecule has 0 unspecified atom stereocenters. The number of nitrogens with zero attached hydrogens (tertiary/aromatic N) is 2. The number of carbonyl (C=O) groups excluding carboxylic acids is 1. The second-order valence-electron chi connectivity index (χ2n) is 8.51. The van der Waals surface area contributed by atoms with Gasteiger partial charge in [-0.15, -0.1) is 0 Å². The van der Waals surface area contributed by atoms with Gasteiger partial charge in [-0.2, -0.15) is 0 Å². The summed E-state index contributed by atoms with van der Waals surface area (Å²) in [7, 11) is 1.81. The lowest BCUT2D eigenvalue weighted by Crippen LogP contribution is -2.33. The summed E-state index contributed by atoms with van der Waals surface area (Å²) in [5, 5.41) is 12.4. The van der Waals surface area contributed by atoms with Crippen LogP contribution in [-0.4, -0.2) is 53.1 Å². The van der Waals surface area contributed by atoms with Gasteiger partial charge in [0.1, 0.15) is 0 Å². The smallest absolute Gasteiger partial charge is 0.286 e. The Balaban J connectivity index is 1.55.